The number of nitro groups is 1. The number of rotatable bonds is 9. The van der Waals surface area contributed by atoms with Crippen LogP contribution >= 0.6 is 0 Å². The van der Waals surface area contributed by atoms with E-state index in [1.165, 1.54) is 19.3 Å². The minimum absolute atomic E-state index is 0. The normalized spacial score (nSPS) is 9.40. The molecule has 0 spiro atoms. The van der Waals surface area contributed by atoms with Gasteiger partial charge in [0.15, 0.2) is 0 Å². The molecule has 0 bridgehead atoms. The third kappa shape index (κ3) is 14.3. The molecule has 0 amide bonds. The zero-order valence-electron chi connectivity index (χ0n) is 9.54. The molecule has 5 heteroatoms. The van der Waals surface area contributed by atoms with Gasteiger partial charge in [0.25, 0.3) is 6.54 Å². The molecular formula is C10H19CaNO3. The van der Waals surface area contributed by atoms with E-state index in [1.807, 2.05) is 0 Å². The zero-order valence-corrected chi connectivity index (χ0v) is 11.7. The predicted molar refractivity (Wildman–Crippen MR) is 60.6 cm³/mol. The van der Waals surface area contributed by atoms with Crippen LogP contribution in [0.4, 0.5) is 0 Å². The molecule has 0 aromatic rings. The maximum absolute atomic E-state index is 10.9. The van der Waals surface area contributed by atoms with Crippen molar-refractivity contribution in [2.45, 2.75) is 51.9 Å². The van der Waals surface area contributed by atoms with Crippen LogP contribution in [0.2, 0.25) is 0 Å². The van der Waals surface area contributed by atoms with Gasteiger partial charge in [0.1, 0.15) is 0 Å². The molecule has 84 valence electrons. The number of nitrogens with zero attached hydrogens (tertiary/aromatic N) is 1. The van der Waals surface area contributed by atoms with E-state index in [1.54, 1.807) is 0 Å². The minimum atomic E-state index is -0.556. The Morgan fingerprint density at radius 3 is 2.20 bits per heavy atom. The first-order valence-electron chi connectivity index (χ1n) is 5.30. The average Bonchev–Trinajstić information content (AvgIpc) is 2.10. The molecule has 0 saturated carbocycles. The van der Waals surface area contributed by atoms with Crippen molar-refractivity contribution >= 4 is 43.5 Å². The van der Waals surface area contributed by atoms with Crippen molar-refractivity contribution < 1.29 is 9.72 Å². The molecule has 0 fully saturated rings. The van der Waals surface area contributed by atoms with Crippen molar-refractivity contribution in [2.24, 2.45) is 0 Å². The van der Waals surface area contributed by atoms with Crippen molar-refractivity contribution in [3.05, 3.63) is 10.1 Å². The first-order chi connectivity index (χ1) is 6.66. The van der Waals surface area contributed by atoms with Crippen LogP contribution in [0.5, 0.6) is 0 Å². The van der Waals surface area contributed by atoms with E-state index < -0.39 is 11.5 Å². The summed E-state index contributed by atoms with van der Waals surface area (Å²) in [6.07, 6.45) is 6.98. The molecule has 0 saturated heterocycles. The zero-order chi connectivity index (χ0) is 10.8. The first-order valence-corrected chi connectivity index (χ1v) is 5.30. The SMILES string of the molecule is CCCCCCCCC(=O)C[N+](=O)[O-].[Ca]. The second-order valence-electron chi connectivity index (χ2n) is 3.55. The van der Waals surface area contributed by atoms with E-state index in [2.05, 4.69) is 6.92 Å². The Hall–Kier alpha value is 0.330. The molecule has 0 unspecified atom stereocenters. The van der Waals surface area contributed by atoms with Crippen molar-refractivity contribution in [1.82, 2.24) is 0 Å². The number of ketones is 1. The maximum atomic E-state index is 10.9. The van der Waals surface area contributed by atoms with Crippen LogP contribution in [-0.2, 0) is 4.79 Å². The summed E-state index contributed by atoms with van der Waals surface area (Å²) in [5.41, 5.74) is 0. The fourth-order valence-corrected chi connectivity index (χ4v) is 1.33. The maximum Gasteiger partial charge on any atom is 0.261 e. The smallest absolute Gasteiger partial charge is 0.261 e. The van der Waals surface area contributed by atoms with Gasteiger partial charge in [-0.05, 0) is 6.42 Å². The molecular weight excluding hydrogens is 222 g/mol. The van der Waals surface area contributed by atoms with Gasteiger partial charge in [-0.1, -0.05) is 39.0 Å². The summed E-state index contributed by atoms with van der Waals surface area (Å²) < 4.78 is 0. The summed E-state index contributed by atoms with van der Waals surface area (Å²) in [6, 6.07) is 0. The van der Waals surface area contributed by atoms with Crippen LogP contribution < -0.4 is 0 Å². The van der Waals surface area contributed by atoms with Crippen molar-refractivity contribution in [2.75, 3.05) is 6.54 Å². The van der Waals surface area contributed by atoms with E-state index in [0.717, 1.165) is 19.3 Å². The Balaban J connectivity index is 0. The fraction of sp³-hybridized carbons (Fsp3) is 0.900. The van der Waals surface area contributed by atoms with Crippen molar-refractivity contribution in [3.63, 3.8) is 0 Å². The summed E-state index contributed by atoms with van der Waals surface area (Å²) in [5, 5.41) is 9.97. The topological polar surface area (TPSA) is 60.2 Å². The van der Waals surface area contributed by atoms with E-state index >= 15 is 0 Å². The summed E-state index contributed by atoms with van der Waals surface area (Å²) >= 11 is 0. The van der Waals surface area contributed by atoms with Gasteiger partial charge in [0, 0.05) is 49.1 Å². The Kier molecular flexibility index (Phi) is 14.6. The summed E-state index contributed by atoms with van der Waals surface area (Å²) in [7, 11) is 0. The molecule has 2 radical (unpaired) electrons. The average molecular weight is 241 g/mol. The summed E-state index contributed by atoms with van der Waals surface area (Å²) in [5.74, 6) is -0.245. The Morgan fingerprint density at radius 2 is 1.67 bits per heavy atom. The molecule has 0 aliphatic heterocycles. The van der Waals surface area contributed by atoms with Gasteiger partial charge >= 0.3 is 0 Å². The van der Waals surface area contributed by atoms with E-state index in [0.29, 0.717) is 6.42 Å². The van der Waals surface area contributed by atoms with Crippen LogP contribution in [0.1, 0.15) is 51.9 Å². The van der Waals surface area contributed by atoms with Crippen LogP contribution in [-0.4, -0.2) is 55.0 Å². The Morgan fingerprint density at radius 1 is 1.13 bits per heavy atom. The number of hydrogen-bond acceptors (Lipinski definition) is 3. The van der Waals surface area contributed by atoms with Gasteiger partial charge in [0.2, 0.25) is 5.78 Å². The van der Waals surface area contributed by atoms with Crippen LogP contribution in [0.25, 0.3) is 0 Å². The fourth-order valence-electron chi connectivity index (χ4n) is 1.33. The molecule has 0 aromatic heterocycles. The summed E-state index contributed by atoms with van der Waals surface area (Å²) in [4.78, 5) is 20.3. The van der Waals surface area contributed by atoms with Gasteiger partial charge in [-0.2, -0.15) is 0 Å². The molecule has 4 nitrogen and oxygen atoms in total. The number of carbonyl (C=O) groups is 1. The summed E-state index contributed by atoms with van der Waals surface area (Å²) in [6.45, 7) is 1.65. The standard InChI is InChI=1S/C10H19NO3.Ca/c1-2-3-4-5-6-7-8-10(12)9-11(13)14;/h2-9H2,1H3;. The minimum Gasteiger partial charge on any atom is -0.292 e. The molecule has 0 aliphatic rings. The van der Waals surface area contributed by atoms with Gasteiger partial charge in [-0.3, -0.25) is 14.9 Å². The first kappa shape index (κ1) is 17.7. The number of carbonyl (C=O) groups excluding carboxylic acids is 1. The second kappa shape index (κ2) is 12.4. The molecule has 0 atom stereocenters. The van der Waals surface area contributed by atoms with Gasteiger partial charge in [0.05, 0.1) is 0 Å². The van der Waals surface area contributed by atoms with Crippen LogP contribution in [0, 0.1) is 10.1 Å². The van der Waals surface area contributed by atoms with Crippen LogP contribution in [0.3, 0.4) is 0 Å². The van der Waals surface area contributed by atoms with E-state index in [4.69, 9.17) is 0 Å². The third-order valence-corrected chi connectivity index (χ3v) is 2.11. The molecule has 15 heavy (non-hydrogen) atoms. The quantitative estimate of drug-likeness (QED) is 0.269. The van der Waals surface area contributed by atoms with E-state index in [9.17, 15) is 14.9 Å². The van der Waals surface area contributed by atoms with Gasteiger partial charge < -0.3 is 0 Å². The van der Waals surface area contributed by atoms with Gasteiger partial charge in [-0.15, -0.1) is 0 Å². The number of Topliss-reactive ketones (excluding diaryl/α,β-unsaturated/α-hetero) is 1. The molecule has 0 heterocycles. The Bertz CT molecular complexity index is 186. The molecule has 0 rings (SSSR count). The molecule has 0 aliphatic carbocycles. The van der Waals surface area contributed by atoms with Crippen molar-refractivity contribution in [3.8, 4) is 0 Å². The number of unbranched alkanes of at least 4 members (excludes halogenated alkanes) is 5. The van der Waals surface area contributed by atoms with E-state index in [-0.39, 0.29) is 43.5 Å². The van der Waals surface area contributed by atoms with Crippen LogP contribution in [0.15, 0.2) is 0 Å². The monoisotopic (exact) mass is 241 g/mol. The van der Waals surface area contributed by atoms with Crippen molar-refractivity contribution in [1.29, 1.82) is 0 Å². The largest absolute Gasteiger partial charge is 0.292 e. The Labute approximate surface area is 121 Å². The predicted octanol–water partition coefficient (Wildman–Crippen LogP) is 2.20. The molecule has 0 N–H and O–H groups in total. The number of hydrogen-bond donors (Lipinski definition) is 0. The molecule has 0 aromatic carbocycles. The third-order valence-electron chi connectivity index (χ3n) is 2.11. The second-order valence-corrected chi connectivity index (χ2v) is 3.55. The van der Waals surface area contributed by atoms with Gasteiger partial charge in [-0.25, -0.2) is 0 Å².